The zero-order valence-corrected chi connectivity index (χ0v) is 11.5. The van der Waals surface area contributed by atoms with Crippen LogP contribution in [0.4, 0.5) is 8.78 Å². The summed E-state index contributed by atoms with van der Waals surface area (Å²) in [5, 5.41) is 0. The van der Waals surface area contributed by atoms with Crippen LogP contribution in [-0.2, 0) is 6.61 Å². The van der Waals surface area contributed by atoms with E-state index in [0.29, 0.717) is 11.8 Å². The van der Waals surface area contributed by atoms with E-state index in [1.165, 1.54) is 12.1 Å². The number of nitrogens with one attached hydrogen (secondary N) is 1. The lowest BCUT2D eigenvalue weighted by atomic mass is 10.3. The number of benzene rings is 1. The van der Waals surface area contributed by atoms with Crippen LogP contribution < -0.4 is 16.0 Å². The molecule has 106 valence electrons. The second-order valence-corrected chi connectivity index (χ2v) is 4.58. The zero-order chi connectivity index (χ0) is 14.7. The van der Waals surface area contributed by atoms with Crippen molar-refractivity contribution in [3.8, 4) is 5.75 Å². The van der Waals surface area contributed by atoms with Gasteiger partial charge in [0.1, 0.15) is 18.2 Å². The monoisotopic (exact) mass is 346 g/mol. The standard InChI is InChI=1S/C12H9BrF2N2O3/c13-8-3-6(14)4-9(15)11(8)19-5-7-1-2-10(20-7)12(18)17-16/h1-4H,5,16H2,(H,17,18). The third-order valence-electron chi connectivity index (χ3n) is 2.34. The lowest BCUT2D eigenvalue weighted by Gasteiger charge is -2.07. The van der Waals surface area contributed by atoms with E-state index in [2.05, 4.69) is 15.9 Å². The Labute approximate surface area is 120 Å². The summed E-state index contributed by atoms with van der Waals surface area (Å²) in [7, 11) is 0. The van der Waals surface area contributed by atoms with E-state index in [1.54, 1.807) is 0 Å². The van der Waals surface area contributed by atoms with Gasteiger partial charge in [-0.15, -0.1) is 0 Å². The topological polar surface area (TPSA) is 77.5 Å². The minimum absolute atomic E-state index is 0.00439. The molecule has 0 bridgehead atoms. The Hall–Kier alpha value is -1.93. The van der Waals surface area contributed by atoms with Crippen molar-refractivity contribution in [2.75, 3.05) is 0 Å². The molecule has 20 heavy (non-hydrogen) atoms. The Kier molecular flexibility index (Phi) is 4.35. The third-order valence-corrected chi connectivity index (χ3v) is 2.93. The van der Waals surface area contributed by atoms with Crippen LogP contribution in [0.25, 0.3) is 0 Å². The molecular formula is C12H9BrF2N2O3. The number of rotatable bonds is 4. The highest BCUT2D eigenvalue weighted by atomic mass is 79.9. The molecule has 1 aromatic carbocycles. The zero-order valence-electron chi connectivity index (χ0n) is 9.95. The molecule has 0 spiro atoms. The molecule has 0 fully saturated rings. The minimum Gasteiger partial charge on any atom is -0.481 e. The summed E-state index contributed by atoms with van der Waals surface area (Å²) in [4.78, 5) is 11.2. The summed E-state index contributed by atoms with van der Waals surface area (Å²) >= 11 is 2.99. The molecule has 1 amide bonds. The fourth-order valence-corrected chi connectivity index (χ4v) is 1.98. The molecule has 0 saturated heterocycles. The largest absolute Gasteiger partial charge is 0.481 e. The van der Waals surface area contributed by atoms with Gasteiger partial charge in [-0.3, -0.25) is 10.2 Å². The van der Waals surface area contributed by atoms with Crippen LogP contribution >= 0.6 is 15.9 Å². The molecule has 2 aromatic rings. The number of hydrogen-bond acceptors (Lipinski definition) is 4. The number of hydrazine groups is 1. The number of carbonyl (C=O) groups excluding carboxylic acids is 1. The first-order valence-electron chi connectivity index (χ1n) is 5.38. The average Bonchev–Trinajstić information content (AvgIpc) is 2.85. The average molecular weight is 347 g/mol. The van der Waals surface area contributed by atoms with Crippen LogP contribution in [0.5, 0.6) is 5.75 Å². The molecule has 5 nitrogen and oxygen atoms in total. The number of nitrogens with two attached hydrogens (primary N) is 1. The number of nitrogen functional groups attached to an aromatic ring is 1. The van der Waals surface area contributed by atoms with Gasteiger partial charge in [0.05, 0.1) is 4.47 Å². The van der Waals surface area contributed by atoms with Crippen LogP contribution in [0.2, 0.25) is 0 Å². The normalized spacial score (nSPS) is 10.4. The number of halogens is 3. The molecule has 0 aliphatic carbocycles. The van der Waals surface area contributed by atoms with Crippen LogP contribution in [0.1, 0.15) is 16.3 Å². The van der Waals surface area contributed by atoms with Crippen molar-refractivity contribution < 1.29 is 22.7 Å². The molecule has 1 aromatic heterocycles. The Morgan fingerprint density at radius 2 is 2.15 bits per heavy atom. The summed E-state index contributed by atoms with van der Waals surface area (Å²) < 4.78 is 36.9. The number of amides is 1. The SMILES string of the molecule is NNC(=O)c1ccc(COc2c(F)cc(F)cc2Br)o1. The fraction of sp³-hybridized carbons (Fsp3) is 0.0833. The van der Waals surface area contributed by atoms with Crippen LogP contribution in [0, 0.1) is 11.6 Å². The molecule has 0 radical (unpaired) electrons. The van der Waals surface area contributed by atoms with Gasteiger partial charge in [0.2, 0.25) is 0 Å². The first-order valence-corrected chi connectivity index (χ1v) is 6.17. The molecule has 2 rings (SSSR count). The Morgan fingerprint density at radius 1 is 1.40 bits per heavy atom. The third kappa shape index (κ3) is 3.14. The number of hydrogen-bond donors (Lipinski definition) is 2. The fourth-order valence-electron chi connectivity index (χ4n) is 1.46. The molecule has 3 N–H and O–H groups in total. The highest BCUT2D eigenvalue weighted by molar-refractivity contribution is 9.10. The van der Waals surface area contributed by atoms with Gasteiger partial charge in [-0.25, -0.2) is 14.6 Å². The van der Waals surface area contributed by atoms with Crippen molar-refractivity contribution >= 4 is 21.8 Å². The van der Waals surface area contributed by atoms with Crippen molar-refractivity contribution in [1.82, 2.24) is 5.43 Å². The maximum absolute atomic E-state index is 13.5. The Bertz CT molecular complexity index is 622. The number of carbonyl (C=O) groups is 1. The molecular weight excluding hydrogens is 338 g/mol. The number of furan rings is 1. The first-order chi connectivity index (χ1) is 9.51. The van der Waals surface area contributed by atoms with Gasteiger partial charge >= 0.3 is 5.91 Å². The second kappa shape index (κ2) is 6.02. The van der Waals surface area contributed by atoms with E-state index < -0.39 is 17.5 Å². The van der Waals surface area contributed by atoms with E-state index in [0.717, 1.165) is 6.07 Å². The molecule has 0 atom stereocenters. The van der Waals surface area contributed by atoms with E-state index >= 15 is 0 Å². The van der Waals surface area contributed by atoms with Gasteiger partial charge in [-0.2, -0.15) is 0 Å². The van der Waals surface area contributed by atoms with Gasteiger partial charge in [0.15, 0.2) is 17.3 Å². The lowest BCUT2D eigenvalue weighted by Crippen LogP contribution is -2.29. The van der Waals surface area contributed by atoms with Crippen molar-refractivity contribution in [2.24, 2.45) is 5.84 Å². The van der Waals surface area contributed by atoms with Gasteiger partial charge in [-0.1, -0.05) is 0 Å². The van der Waals surface area contributed by atoms with Gasteiger partial charge < -0.3 is 9.15 Å². The van der Waals surface area contributed by atoms with Crippen molar-refractivity contribution in [3.05, 3.63) is 51.9 Å². The second-order valence-electron chi connectivity index (χ2n) is 3.73. The Balaban J connectivity index is 2.09. The highest BCUT2D eigenvalue weighted by Gasteiger charge is 2.13. The van der Waals surface area contributed by atoms with Gasteiger partial charge in [0.25, 0.3) is 0 Å². The number of ether oxygens (including phenoxy) is 1. The maximum Gasteiger partial charge on any atom is 0.300 e. The molecule has 8 heteroatoms. The molecule has 0 saturated carbocycles. The quantitative estimate of drug-likeness (QED) is 0.506. The predicted octanol–water partition coefficient (Wildman–Crippen LogP) is 2.50. The van der Waals surface area contributed by atoms with Gasteiger partial charge in [0, 0.05) is 6.07 Å². The van der Waals surface area contributed by atoms with E-state index in [4.69, 9.17) is 15.0 Å². The van der Waals surface area contributed by atoms with Crippen LogP contribution in [-0.4, -0.2) is 5.91 Å². The van der Waals surface area contributed by atoms with Crippen molar-refractivity contribution in [1.29, 1.82) is 0 Å². The predicted molar refractivity (Wildman–Crippen MR) is 68.8 cm³/mol. The molecule has 0 unspecified atom stereocenters. The first kappa shape index (κ1) is 14.5. The molecule has 0 aliphatic rings. The minimum atomic E-state index is -0.844. The van der Waals surface area contributed by atoms with Crippen molar-refractivity contribution in [3.63, 3.8) is 0 Å². The Morgan fingerprint density at radius 3 is 2.80 bits per heavy atom. The smallest absolute Gasteiger partial charge is 0.300 e. The summed E-state index contributed by atoms with van der Waals surface area (Å²) in [5.74, 6) is 2.94. The summed E-state index contributed by atoms with van der Waals surface area (Å²) in [6, 6.07) is 4.67. The summed E-state index contributed by atoms with van der Waals surface area (Å²) in [6.45, 7) is -0.126. The van der Waals surface area contributed by atoms with Crippen LogP contribution in [0.15, 0.2) is 33.2 Å². The maximum atomic E-state index is 13.5. The van der Waals surface area contributed by atoms with Crippen LogP contribution in [0.3, 0.4) is 0 Å². The van der Waals surface area contributed by atoms with E-state index in [-0.39, 0.29) is 22.6 Å². The lowest BCUT2D eigenvalue weighted by molar-refractivity contribution is 0.0921. The van der Waals surface area contributed by atoms with E-state index in [1.807, 2.05) is 5.43 Å². The van der Waals surface area contributed by atoms with Gasteiger partial charge in [-0.05, 0) is 34.1 Å². The summed E-state index contributed by atoms with van der Waals surface area (Å²) in [6.07, 6.45) is 0. The highest BCUT2D eigenvalue weighted by Crippen LogP contribution is 2.30. The molecule has 0 aliphatic heterocycles. The summed E-state index contributed by atoms with van der Waals surface area (Å²) in [5.41, 5.74) is 1.91. The molecule has 1 heterocycles. The van der Waals surface area contributed by atoms with Crippen molar-refractivity contribution in [2.45, 2.75) is 6.61 Å². The van der Waals surface area contributed by atoms with E-state index in [9.17, 15) is 13.6 Å².